The summed E-state index contributed by atoms with van der Waals surface area (Å²) < 4.78 is 32.9. The van der Waals surface area contributed by atoms with Gasteiger partial charge in [-0.25, -0.2) is 8.78 Å². The van der Waals surface area contributed by atoms with Gasteiger partial charge in [-0.3, -0.25) is 0 Å². The Balaban J connectivity index is 3.45. The normalized spacial score (nSPS) is 13.0. The smallest absolute Gasteiger partial charge is 0.206 e. The standard InChI is InChI=1S/C3H2ClF3/c4-2(5)1-3(6)7/h1,3H/b2-1+. The molecule has 0 atom stereocenters. The monoisotopic (exact) mass is 130 g/mol. The highest BCUT2D eigenvalue weighted by Gasteiger charge is 1.96. The van der Waals surface area contributed by atoms with Crippen LogP contribution in [-0.4, -0.2) is 6.43 Å². The molecular formula is C3H2ClF3. The fraction of sp³-hybridized carbons (Fsp3) is 0.333. The Labute approximate surface area is 43.6 Å². The van der Waals surface area contributed by atoms with Crippen molar-refractivity contribution >= 4 is 11.6 Å². The van der Waals surface area contributed by atoms with Crippen molar-refractivity contribution in [3.05, 3.63) is 11.4 Å². The second-order valence-electron chi connectivity index (χ2n) is 0.791. The van der Waals surface area contributed by atoms with E-state index in [1.165, 1.54) is 0 Å². The van der Waals surface area contributed by atoms with E-state index in [1.807, 2.05) is 0 Å². The van der Waals surface area contributed by atoms with Crippen LogP contribution in [0.15, 0.2) is 11.4 Å². The van der Waals surface area contributed by atoms with Crippen LogP contribution in [0.2, 0.25) is 0 Å². The SMILES string of the molecule is F/C(Cl)=C/C(F)F. The molecule has 0 rings (SSSR count). The average Bonchev–Trinajstić information content (AvgIpc) is 1.27. The molecule has 0 amide bonds. The van der Waals surface area contributed by atoms with Crippen LogP contribution in [0.25, 0.3) is 0 Å². The summed E-state index contributed by atoms with van der Waals surface area (Å²) in [4.78, 5) is 0. The van der Waals surface area contributed by atoms with E-state index >= 15 is 0 Å². The van der Waals surface area contributed by atoms with Crippen LogP contribution in [0.5, 0.6) is 0 Å². The first-order valence-electron chi connectivity index (χ1n) is 1.44. The molecule has 0 aromatic heterocycles. The highest BCUT2D eigenvalue weighted by Crippen LogP contribution is 2.05. The van der Waals surface area contributed by atoms with Crippen LogP contribution in [-0.2, 0) is 0 Å². The summed E-state index contributed by atoms with van der Waals surface area (Å²) in [5.41, 5.74) is 0. The Kier molecular flexibility index (Phi) is 2.83. The Hall–Kier alpha value is -0.180. The van der Waals surface area contributed by atoms with E-state index < -0.39 is 11.7 Å². The zero-order valence-corrected chi connectivity index (χ0v) is 3.92. The summed E-state index contributed by atoms with van der Waals surface area (Å²) in [6.45, 7) is 0. The number of hydrogen-bond donors (Lipinski definition) is 0. The van der Waals surface area contributed by atoms with Crippen LogP contribution >= 0.6 is 11.6 Å². The minimum absolute atomic E-state index is 0.0154. The molecule has 0 aromatic carbocycles. The predicted octanol–water partition coefficient (Wildman–Crippen LogP) is 2.30. The molecule has 0 saturated carbocycles. The number of hydrogen-bond acceptors (Lipinski definition) is 0. The molecule has 0 aromatic rings. The summed E-state index contributed by atoms with van der Waals surface area (Å²) in [6, 6.07) is 0. The van der Waals surface area contributed by atoms with Crippen molar-refractivity contribution < 1.29 is 13.2 Å². The molecule has 0 fully saturated rings. The summed E-state index contributed by atoms with van der Waals surface area (Å²) in [5.74, 6) is 0. The van der Waals surface area contributed by atoms with E-state index in [4.69, 9.17) is 0 Å². The zero-order chi connectivity index (χ0) is 5.86. The molecule has 7 heavy (non-hydrogen) atoms. The lowest BCUT2D eigenvalue weighted by Crippen LogP contribution is -1.79. The van der Waals surface area contributed by atoms with Crippen LogP contribution in [0.4, 0.5) is 13.2 Å². The minimum atomic E-state index is -2.79. The molecule has 0 saturated heterocycles. The first kappa shape index (κ1) is 6.82. The second-order valence-corrected chi connectivity index (χ2v) is 1.15. The third kappa shape index (κ3) is 5.82. The quantitative estimate of drug-likeness (QED) is 0.511. The van der Waals surface area contributed by atoms with Crippen molar-refractivity contribution in [2.24, 2.45) is 0 Å². The van der Waals surface area contributed by atoms with Gasteiger partial charge in [0.05, 0.1) is 0 Å². The molecule has 0 radical (unpaired) electrons. The number of allylic oxidation sites excluding steroid dienone is 1. The Morgan fingerprint density at radius 2 is 2.00 bits per heavy atom. The molecule has 0 aliphatic heterocycles. The van der Waals surface area contributed by atoms with Gasteiger partial charge in [-0.2, -0.15) is 4.39 Å². The van der Waals surface area contributed by atoms with Crippen LogP contribution in [0.3, 0.4) is 0 Å². The third-order valence-corrected chi connectivity index (χ3v) is 0.378. The van der Waals surface area contributed by atoms with Gasteiger partial charge in [0.15, 0.2) is 5.29 Å². The van der Waals surface area contributed by atoms with E-state index in [9.17, 15) is 13.2 Å². The molecule has 0 heterocycles. The van der Waals surface area contributed by atoms with Gasteiger partial charge in [0.2, 0.25) is 0 Å². The van der Waals surface area contributed by atoms with Gasteiger partial charge in [-0.1, -0.05) is 11.6 Å². The number of alkyl halides is 2. The maximum atomic E-state index is 11.1. The average molecular weight is 130 g/mol. The summed E-state index contributed by atoms with van der Waals surface area (Å²) >= 11 is 4.39. The van der Waals surface area contributed by atoms with Crippen molar-refractivity contribution in [1.82, 2.24) is 0 Å². The molecule has 0 aliphatic rings. The maximum Gasteiger partial charge on any atom is 0.261 e. The molecule has 0 aliphatic carbocycles. The van der Waals surface area contributed by atoms with Crippen molar-refractivity contribution in [2.75, 3.05) is 0 Å². The fourth-order valence-corrected chi connectivity index (χ4v) is 0.190. The number of rotatable bonds is 1. The minimum Gasteiger partial charge on any atom is -0.206 e. The molecule has 0 unspecified atom stereocenters. The topological polar surface area (TPSA) is 0 Å². The maximum absolute atomic E-state index is 11.1. The predicted molar refractivity (Wildman–Crippen MR) is 21.0 cm³/mol. The summed E-state index contributed by atoms with van der Waals surface area (Å²) in [5, 5.41) is -1.37. The van der Waals surface area contributed by atoms with Gasteiger partial charge >= 0.3 is 0 Å². The van der Waals surface area contributed by atoms with Crippen LogP contribution < -0.4 is 0 Å². The lowest BCUT2D eigenvalue weighted by atomic mass is 10.7. The van der Waals surface area contributed by atoms with Gasteiger partial charge in [0.1, 0.15) is 0 Å². The second kappa shape index (κ2) is 2.91. The van der Waals surface area contributed by atoms with Gasteiger partial charge in [-0.05, 0) is 0 Å². The lowest BCUT2D eigenvalue weighted by Gasteiger charge is -1.81. The van der Waals surface area contributed by atoms with Gasteiger partial charge in [0, 0.05) is 6.08 Å². The van der Waals surface area contributed by atoms with Crippen LogP contribution in [0.1, 0.15) is 0 Å². The highest BCUT2D eigenvalue weighted by molar-refractivity contribution is 6.28. The Morgan fingerprint density at radius 3 is 2.00 bits per heavy atom. The molecule has 42 valence electrons. The van der Waals surface area contributed by atoms with E-state index in [0.29, 0.717) is 0 Å². The van der Waals surface area contributed by atoms with Crippen LogP contribution in [0, 0.1) is 0 Å². The van der Waals surface area contributed by atoms with Crippen molar-refractivity contribution in [3.8, 4) is 0 Å². The highest BCUT2D eigenvalue weighted by atomic mass is 35.5. The summed E-state index contributed by atoms with van der Waals surface area (Å²) in [7, 11) is 0. The Morgan fingerprint density at radius 1 is 1.57 bits per heavy atom. The largest absolute Gasteiger partial charge is 0.261 e. The number of halogens is 4. The van der Waals surface area contributed by atoms with Gasteiger partial charge in [0.25, 0.3) is 6.43 Å². The molecular weight excluding hydrogens is 128 g/mol. The Bertz CT molecular complexity index is 74.2. The third-order valence-electron chi connectivity index (χ3n) is 0.252. The van der Waals surface area contributed by atoms with Gasteiger partial charge < -0.3 is 0 Å². The molecule has 0 spiro atoms. The van der Waals surface area contributed by atoms with E-state index in [2.05, 4.69) is 11.6 Å². The molecule has 4 heteroatoms. The molecule has 0 nitrogen and oxygen atoms in total. The zero-order valence-electron chi connectivity index (χ0n) is 3.17. The fourth-order valence-electron chi connectivity index (χ4n) is 0.0952. The van der Waals surface area contributed by atoms with Crippen molar-refractivity contribution in [2.45, 2.75) is 6.43 Å². The molecule has 0 bridgehead atoms. The lowest BCUT2D eigenvalue weighted by molar-refractivity contribution is 0.202. The van der Waals surface area contributed by atoms with E-state index in [-0.39, 0.29) is 6.08 Å². The first-order valence-corrected chi connectivity index (χ1v) is 1.81. The molecule has 0 N–H and O–H groups in total. The first-order chi connectivity index (χ1) is 3.13. The van der Waals surface area contributed by atoms with E-state index in [1.54, 1.807) is 0 Å². The van der Waals surface area contributed by atoms with Crippen molar-refractivity contribution in [1.29, 1.82) is 0 Å². The van der Waals surface area contributed by atoms with E-state index in [0.717, 1.165) is 0 Å². The summed E-state index contributed by atoms with van der Waals surface area (Å²) in [6.07, 6.45) is -2.78. The van der Waals surface area contributed by atoms with Crippen molar-refractivity contribution in [3.63, 3.8) is 0 Å². The van der Waals surface area contributed by atoms with Gasteiger partial charge in [-0.15, -0.1) is 0 Å².